The highest BCUT2D eigenvalue weighted by Gasteiger charge is 2.22. The van der Waals surface area contributed by atoms with Gasteiger partial charge in [-0.3, -0.25) is 4.79 Å². The van der Waals surface area contributed by atoms with Gasteiger partial charge in [-0.05, 0) is 37.8 Å². The number of pyridine rings is 1. The Kier molecular flexibility index (Phi) is 5.14. The Morgan fingerprint density at radius 1 is 1.11 bits per heavy atom. The smallest absolute Gasteiger partial charge is 0.198 e. The Hall–Kier alpha value is -2.37. The lowest BCUT2D eigenvalue weighted by atomic mass is 9.95. The average molecular weight is 371 g/mol. The van der Waals surface area contributed by atoms with Crippen LogP contribution in [0, 0.1) is 5.82 Å². The zero-order valence-corrected chi connectivity index (χ0v) is 15.5. The van der Waals surface area contributed by atoms with E-state index in [0.29, 0.717) is 11.1 Å². The molecule has 1 aromatic heterocycles. The van der Waals surface area contributed by atoms with Gasteiger partial charge in [0.15, 0.2) is 5.43 Å². The molecule has 27 heavy (non-hydrogen) atoms. The standard InChI is InChI=1S/C21H26FN3O2/c22-18-10-17-20(11-19(18)24-15-6-2-1-3-7-15)25(16-8-4-5-9-16)13-14(12-23-27)21(17)26/h10-13,15-16,24,27H,1-9H2/b23-12+. The van der Waals surface area contributed by atoms with Crippen LogP contribution in [0.2, 0.25) is 0 Å². The maximum Gasteiger partial charge on any atom is 0.198 e. The van der Waals surface area contributed by atoms with Crippen molar-refractivity contribution in [3.63, 3.8) is 0 Å². The fourth-order valence-electron chi connectivity index (χ4n) is 4.61. The van der Waals surface area contributed by atoms with Gasteiger partial charge in [-0.2, -0.15) is 0 Å². The van der Waals surface area contributed by atoms with E-state index in [0.717, 1.165) is 50.3 Å². The van der Waals surface area contributed by atoms with Gasteiger partial charge >= 0.3 is 0 Å². The van der Waals surface area contributed by atoms with Gasteiger partial charge in [0, 0.05) is 23.7 Å². The molecule has 0 amide bonds. The molecule has 5 nitrogen and oxygen atoms in total. The van der Waals surface area contributed by atoms with Crippen LogP contribution in [0.3, 0.4) is 0 Å². The third kappa shape index (κ3) is 3.57. The van der Waals surface area contributed by atoms with Crippen LogP contribution >= 0.6 is 0 Å². The molecule has 0 radical (unpaired) electrons. The van der Waals surface area contributed by atoms with Crippen molar-refractivity contribution in [3.8, 4) is 0 Å². The van der Waals surface area contributed by atoms with Crippen molar-refractivity contribution >= 4 is 22.8 Å². The van der Waals surface area contributed by atoms with E-state index in [4.69, 9.17) is 5.21 Å². The second-order valence-corrected chi connectivity index (χ2v) is 7.83. The molecular weight excluding hydrogens is 345 g/mol. The van der Waals surface area contributed by atoms with Crippen LogP contribution in [0.25, 0.3) is 10.9 Å². The number of aromatic nitrogens is 1. The van der Waals surface area contributed by atoms with Crippen molar-refractivity contribution in [1.82, 2.24) is 4.57 Å². The molecule has 2 aliphatic rings. The van der Waals surface area contributed by atoms with Gasteiger partial charge in [-0.25, -0.2) is 4.39 Å². The van der Waals surface area contributed by atoms with Crippen molar-refractivity contribution in [2.75, 3.05) is 5.32 Å². The van der Waals surface area contributed by atoms with E-state index in [1.54, 1.807) is 12.3 Å². The minimum Gasteiger partial charge on any atom is -0.411 e. The van der Waals surface area contributed by atoms with Crippen LogP contribution in [0.1, 0.15) is 69.4 Å². The van der Waals surface area contributed by atoms with Crippen LogP contribution in [-0.4, -0.2) is 22.0 Å². The highest BCUT2D eigenvalue weighted by Crippen LogP contribution is 2.33. The van der Waals surface area contributed by atoms with Crippen LogP contribution in [-0.2, 0) is 0 Å². The number of anilines is 1. The molecule has 2 fully saturated rings. The number of nitrogens with zero attached hydrogens (tertiary/aromatic N) is 2. The molecule has 1 heterocycles. The maximum atomic E-state index is 14.8. The normalized spacial score (nSPS) is 19.3. The molecule has 0 saturated heterocycles. The summed E-state index contributed by atoms with van der Waals surface area (Å²) in [5.74, 6) is -0.402. The number of hydrogen-bond acceptors (Lipinski definition) is 4. The first-order valence-corrected chi connectivity index (χ1v) is 10.00. The predicted molar refractivity (Wildman–Crippen MR) is 106 cm³/mol. The van der Waals surface area contributed by atoms with Gasteiger partial charge < -0.3 is 15.1 Å². The summed E-state index contributed by atoms with van der Waals surface area (Å²) in [6, 6.07) is 3.70. The van der Waals surface area contributed by atoms with Crippen molar-refractivity contribution in [3.05, 3.63) is 39.9 Å². The monoisotopic (exact) mass is 371 g/mol. The number of rotatable bonds is 4. The van der Waals surface area contributed by atoms with E-state index in [1.165, 1.54) is 25.3 Å². The first-order valence-electron chi connectivity index (χ1n) is 10.00. The van der Waals surface area contributed by atoms with Gasteiger partial charge in [-0.1, -0.05) is 37.3 Å². The van der Waals surface area contributed by atoms with Crippen LogP contribution in [0.15, 0.2) is 28.3 Å². The summed E-state index contributed by atoms with van der Waals surface area (Å²) >= 11 is 0. The van der Waals surface area contributed by atoms with Crippen molar-refractivity contribution in [2.24, 2.45) is 5.16 Å². The van der Waals surface area contributed by atoms with E-state index in [9.17, 15) is 9.18 Å². The first kappa shape index (κ1) is 18.0. The number of benzene rings is 1. The fourth-order valence-corrected chi connectivity index (χ4v) is 4.61. The lowest BCUT2D eigenvalue weighted by Gasteiger charge is -2.25. The Labute approximate surface area is 157 Å². The van der Waals surface area contributed by atoms with E-state index >= 15 is 0 Å². The number of halogens is 1. The van der Waals surface area contributed by atoms with E-state index < -0.39 is 5.82 Å². The minimum atomic E-state index is -0.402. The van der Waals surface area contributed by atoms with Gasteiger partial charge in [0.1, 0.15) is 5.82 Å². The molecular formula is C21H26FN3O2. The molecule has 144 valence electrons. The van der Waals surface area contributed by atoms with Crippen LogP contribution < -0.4 is 10.7 Å². The summed E-state index contributed by atoms with van der Waals surface area (Å²) in [4.78, 5) is 12.7. The summed E-state index contributed by atoms with van der Waals surface area (Å²) in [7, 11) is 0. The molecule has 2 aliphatic carbocycles. The summed E-state index contributed by atoms with van der Waals surface area (Å²) in [5.41, 5.74) is 1.20. The van der Waals surface area contributed by atoms with Gasteiger partial charge in [0.05, 0.1) is 23.0 Å². The molecule has 4 rings (SSSR count). The first-order chi connectivity index (χ1) is 13.2. The number of oxime groups is 1. The van der Waals surface area contributed by atoms with E-state index in [2.05, 4.69) is 15.0 Å². The van der Waals surface area contributed by atoms with E-state index in [1.807, 2.05) is 0 Å². The molecule has 0 unspecified atom stereocenters. The average Bonchev–Trinajstić information content (AvgIpc) is 3.21. The zero-order valence-electron chi connectivity index (χ0n) is 15.5. The van der Waals surface area contributed by atoms with Gasteiger partial charge in [-0.15, -0.1) is 0 Å². The summed E-state index contributed by atoms with van der Waals surface area (Å²) in [6.45, 7) is 0. The molecule has 0 spiro atoms. The minimum absolute atomic E-state index is 0.282. The molecule has 2 N–H and O–H groups in total. The van der Waals surface area contributed by atoms with E-state index in [-0.39, 0.29) is 23.1 Å². The predicted octanol–water partition coefficient (Wildman–Crippen LogP) is 4.81. The highest BCUT2D eigenvalue weighted by molar-refractivity contribution is 5.89. The van der Waals surface area contributed by atoms with Crippen molar-refractivity contribution in [1.29, 1.82) is 0 Å². The largest absolute Gasteiger partial charge is 0.411 e. The topological polar surface area (TPSA) is 66.6 Å². The Morgan fingerprint density at radius 2 is 1.81 bits per heavy atom. The third-order valence-corrected chi connectivity index (χ3v) is 6.03. The van der Waals surface area contributed by atoms with Gasteiger partial charge in [0.2, 0.25) is 0 Å². The Morgan fingerprint density at radius 3 is 2.52 bits per heavy atom. The quantitative estimate of drug-likeness (QED) is 0.460. The molecule has 0 atom stereocenters. The lowest BCUT2D eigenvalue weighted by molar-refractivity contribution is 0.322. The summed E-state index contributed by atoms with van der Waals surface area (Å²) < 4.78 is 16.9. The summed E-state index contributed by atoms with van der Waals surface area (Å²) in [6.07, 6.45) is 13.0. The second-order valence-electron chi connectivity index (χ2n) is 7.83. The lowest BCUT2D eigenvalue weighted by Crippen LogP contribution is -2.23. The molecule has 2 aromatic rings. The van der Waals surface area contributed by atoms with Crippen molar-refractivity contribution in [2.45, 2.75) is 69.9 Å². The Balaban J connectivity index is 1.83. The number of hydrogen-bond donors (Lipinski definition) is 2. The molecule has 0 aliphatic heterocycles. The molecule has 1 aromatic carbocycles. The SMILES string of the molecule is O=c1c(/C=N/O)cn(C2CCCC2)c2cc(NC3CCCCC3)c(F)cc12. The zero-order chi connectivity index (χ0) is 18.8. The van der Waals surface area contributed by atoms with Crippen LogP contribution in [0.4, 0.5) is 10.1 Å². The Bertz CT molecular complexity index is 910. The molecule has 6 heteroatoms. The summed E-state index contributed by atoms with van der Waals surface area (Å²) in [5, 5.41) is 15.6. The maximum absolute atomic E-state index is 14.8. The van der Waals surface area contributed by atoms with Gasteiger partial charge in [0.25, 0.3) is 0 Å². The number of fused-ring (bicyclic) bond motifs is 1. The highest BCUT2D eigenvalue weighted by atomic mass is 19.1. The number of nitrogens with one attached hydrogen (secondary N) is 1. The molecule has 0 bridgehead atoms. The molecule has 2 saturated carbocycles. The van der Waals surface area contributed by atoms with Crippen LogP contribution in [0.5, 0.6) is 0 Å². The fraction of sp³-hybridized carbons (Fsp3) is 0.524. The van der Waals surface area contributed by atoms with Crippen molar-refractivity contribution < 1.29 is 9.60 Å². The third-order valence-electron chi connectivity index (χ3n) is 6.03. The second kappa shape index (κ2) is 7.71.